The Morgan fingerprint density at radius 2 is 2.17 bits per heavy atom. The summed E-state index contributed by atoms with van der Waals surface area (Å²) in [5.41, 5.74) is 0.508. The van der Waals surface area contributed by atoms with E-state index in [1.165, 1.54) is 0 Å². The van der Waals surface area contributed by atoms with Crippen molar-refractivity contribution in [3.63, 3.8) is 0 Å². The van der Waals surface area contributed by atoms with Gasteiger partial charge in [-0.3, -0.25) is 0 Å². The van der Waals surface area contributed by atoms with Gasteiger partial charge in [0.1, 0.15) is 5.54 Å². The van der Waals surface area contributed by atoms with Crippen LogP contribution in [-0.2, 0) is 9.53 Å². The van der Waals surface area contributed by atoms with Gasteiger partial charge in [0.2, 0.25) is 0 Å². The number of rotatable bonds is 3. The molecule has 1 heterocycles. The van der Waals surface area contributed by atoms with Crippen LogP contribution in [0.3, 0.4) is 0 Å². The Balaban J connectivity index is 2.23. The van der Waals surface area contributed by atoms with Crippen LogP contribution in [-0.4, -0.2) is 29.8 Å². The van der Waals surface area contributed by atoms with Crippen molar-refractivity contribution in [2.45, 2.75) is 18.4 Å². The summed E-state index contributed by atoms with van der Waals surface area (Å²) in [4.78, 5) is 11.5. The van der Waals surface area contributed by atoms with Crippen molar-refractivity contribution < 1.29 is 14.6 Å². The number of carboxylic acids is 1. The molecule has 0 aliphatic carbocycles. The Bertz CT molecular complexity index is 484. The monoisotopic (exact) mass is 245 g/mol. The van der Waals surface area contributed by atoms with Crippen LogP contribution in [0.15, 0.2) is 24.3 Å². The van der Waals surface area contributed by atoms with E-state index in [0.29, 0.717) is 26.1 Å². The van der Waals surface area contributed by atoms with E-state index in [1.807, 2.05) is 18.2 Å². The lowest BCUT2D eigenvalue weighted by Gasteiger charge is -2.34. The maximum atomic E-state index is 11.5. The van der Waals surface area contributed by atoms with Crippen molar-refractivity contribution in [3.05, 3.63) is 29.8 Å². The molecule has 1 aliphatic rings. The summed E-state index contributed by atoms with van der Waals surface area (Å²) in [6.45, 7) is 0.905. The average Bonchev–Trinajstić information content (AvgIpc) is 2.40. The van der Waals surface area contributed by atoms with E-state index < -0.39 is 11.5 Å². The minimum absolute atomic E-state index is 0.447. The van der Waals surface area contributed by atoms with Gasteiger partial charge in [-0.05, 0) is 18.2 Å². The minimum atomic E-state index is -0.953. The molecule has 4 heteroatoms. The molecule has 1 aromatic rings. The highest BCUT2D eigenvalue weighted by Gasteiger charge is 2.40. The number of hydrogen-bond acceptors (Lipinski definition) is 3. The van der Waals surface area contributed by atoms with Gasteiger partial charge >= 0.3 is 5.97 Å². The lowest BCUT2D eigenvalue weighted by molar-refractivity contribution is -0.145. The first kappa shape index (κ1) is 12.5. The summed E-state index contributed by atoms with van der Waals surface area (Å²) in [6.07, 6.45) is 6.22. The van der Waals surface area contributed by atoms with Crippen LogP contribution >= 0.6 is 0 Å². The Labute approximate surface area is 106 Å². The molecule has 0 atom stereocenters. The highest BCUT2D eigenvalue weighted by molar-refractivity contribution is 5.83. The molecule has 0 aromatic heterocycles. The fourth-order valence-corrected chi connectivity index (χ4v) is 2.08. The Hall–Kier alpha value is -1.99. The number of carbonyl (C=O) groups is 1. The molecular weight excluding hydrogens is 230 g/mol. The molecule has 4 nitrogen and oxygen atoms in total. The van der Waals surface area contributed by atoms with Gasteiger partial charge < -0.3 is 15.2 Å². The number of carboxylic acid groups (broad SMARTS) is 1. The Morgan fingerprint density at radius 3 is 2.78 bits per heavy atom. The van der Waals surface area contributed by atoms with Crippen LogP contribution in [0.2, 0.25) is 0 Å². The highest BCUT2D eigenvalue weighted by Crippen LogP contribution is 2.26. The van der Waals surface area contributed by atoms with Gasteiger partial charge in [-0.25, -0.2) is 4.79 Å². The van der Waals surface area contributed by atoms with E-state index in [-0.39, 0.29) is 0 Å². The van der Waals surface area contributed by atoms with Crippen molar-refractivity contribution in [1.82, 2.24) is 0 Å². The van der Waals surface area contributed by atoms with Crippen molar-refractivity contribution in [1.29, 1.82) is 0 Å². The molecular formula is C14H15NO3. The maximum absolute atomic E-state index is 11.5. The summed E-state index contributed by atoms with van der Waals surface area (Å²) >= 11 is 0. The molecule has 0 unspecified atom stereocenters. The van der Waals surface area contributed by atoms with Crippen LogP contribution in [0.5, 0.6) is 0 Å². The average molecular weight is 245 g/mol. The van der Waals surface area contributed by atoms with Gasteiger partial charge in [-0.1, -0.05) is 12.0 Å². The number of ether oxygens (including phenoxy) is 1. The van der Waals surface area contributed by atoms with E-state index in [4.69, 9.17) is 11.2 Å². The SMILES string of the molecule is C#Cc1cccc(NC2(C(=O)O)CCOCC2)c1. The predicted molar refractivity (Wildman–Crippen MR) is 68.4 cm³/mol. The standard InChI is InChI=1S/C14H15NO3/c1-2-11-4-3-5-12(10-11)15-14(13(16)17)6-8-18-9-7-14/h1,3-5,10,15H,6-9H2,(H,16,17). The lowest BCUT2D eigenvalue weighted by Crippen LogP contribution is -2.50. The number of anilines is 1. The minimum Gasteiger partial charge on any atom is -0.480 e. The second kappa shape index (κ2) is 5.11. The molecule has 0 saturated carbocycles. The van der Waals surface area contributed by atoms with E-state index in [9.17, 15) is 9.90 Å². The summed E-state index contributed by atoms with van der Waals surface area (Å²) in [5, 5.41) is 12.5. The zero-order chi connectivity index (χ0) is 13.0. The Kier molecular flexibility index (Phi) is 3.54. The molecule has 2 rings (SSSR count). The third kappa shape index (κ3) is 2.47. The molecule has 0 spiro atoms. The first-order valence-electron chi connectivity index (χ1n) is 5.82. The molecule has 0 radical (unpaired) electrons. The highest BCUT2D eigenvalue weighted by atomic mass is 16.5. The topological polar surface area (TPSA) is 58.6 Å². The summed E-state index contributed by atoms with van der Waals surface area (Å²) < 4.78 is 5.22. The van der Waals surface area contributed by atoms with Crippen LogP contribution in [0, 0.1) is 12.3 Å². The smallest absolute Gasteiger partial charge is 0.329 e. The van der Waals surface area contributed by atoms with E-state index in [0.717, 1.165) is 11.3 Å². The van der Waals surface area contributed by atoms with E-state index >= 15 is 0 Å². The fourth-order valence-electron chi connectivity index (χ4n) is 2.08. The third-order valence-electron chi connectivity index (χ3n) is 3.17. The Morgan fingerprint density at radius 1 is 1.44 bits per heavy atom. The van der Waals surface area contributed by atoms with Crippen molar-refractivity contribution in [2.75, 3.05) is 18.5 Å². The largest absolute Gasteiger partial charge is 0.480 e. The summed E-state index contributed by atoms with van der Waals surface area (Å²) in [5.74, 6) is 1.68. The number of benzene rings is 1. The van der Waals surface area contributed by atoms with Gasteiger partial charge in [0.05, 0.1) is 0 Å². The maximum Gasteiger partial charge on any atom is 0.329 e. The fraction of sp³-hybridized carbons (Fsp3) is 0.357. The number of terminal acetylenes is 1. The van der Waals surface area contributed by atoms with Crippen molar-refractivity contribution >= 4 is 11.7 Å². The molecule has 0 amide bonds. The molecule has 1 aromatic carbocycles. The molecule has 1 saturated heterocycles. The lowest BCUT2D eigenvalue weighted by atomic mass is 9.89. The molecule has 0 bridgehead atoms. The van der Waals surface area contributed by atoms with Gasteiger partial charge in [-0.15, -0.1) is 6.42 Å². The van der Waals surface area contributed by atoms with Crippen molar-refractivity contribution in [2.24, 2.45) is 0 Å². The van der Waals surface area contributed by atoms with E-state index in [2.05, 4.69) is 11.2 Å². The quantitative estimate of drug-likeness (QED) is 0.796. The molecule has 1 fully saturated rings. The number of hydrogen-bond donors (Lipinski definition) is 2. The van der Waals surface area contributed by atoms with Crippen LogP contribution < -0.4 is 5.32 Å². The molecule has 94 valence electrons. The predicted octanol–water partition coefficient (Wildman–Crippen LogP) is 1.71. The van der Waals surface area contributed by atoms with Crippen molar-refractivity contribution in [3.8, 4) is 12.3 Å². The van der Waals surface area contributed by atoms with Gasteiger partial charge in [0.15, 0.2) is 0 Å². The summed E-state index contributed by atoms with van der Waals surface area (Å²) in [7, 11) is 0. The van der Waals surface area contributed by atoms with E-state index in [1.54, 1.807) is 6.07 Å². The van der Waals surface area contributed by atoms with Gasteiger partial charge in [0, 0.05) is 37.3 Å². The third-order valence-corrected chi connectivity index (χ3v) is 3.17. The van der Waals surface area contributed by atoms with Gasteiger partial charge in [-0.2, -0.15) is 0 Å². The second-order valence-electron chi connectivity index (χ2n) is 4.35. The number of aliphatic carboxylic acids is 1. The van der Waals surface area contributed by atoms with Gasteiger partial charge in [0.25, 0.3) is 0 Å². The normalized spacial score (nSPS) is 17.7. The van der Waals surface area contributed by atoms with Crippen LogP contribution in [0.1, 0.15) is 18.4 Å². The molecule has 2 N–H and O–H groups in total. The van der Waals surface area contributed by atoms with Crippen LogP contribution in [0.4, 0.5) is 5.69 Å². The first-order valence-corrected chi connectivity index (χ1v) is 5.82. The van der Waals surface area contributed by atoms with Crippen LogP contribution in [0.25, 0.3) is 0 Å². The molecule has 18 heavy (non-hydrogen) atoms. The zero-order valence-electron chi connectivity index (χ0n) is 9.98. The summed E-state index contributed by atoms with van der Waals surface area (Å²) in [6, 6.07) is 7.22. The zero-order valence-corrected chi connectivity index (χ0v) is 9.98. The molecule has 1 aliphatic heterocycles. The second-order valence-corrected chi connectivity index (χ2v) is 4.35. The first-order chi connectivity index (χ1) is 8.66. The number of nitrogens with one attached hydrogen (secondary N) is 1.